The molecule has 0 aliphatic heterocycles. The molecule has 9 heteroatoms. The highest BCUT2D eigenvalue weighted by Crippen LogP contribution is 2.31. The highest BCUT2D eigenvalue weighted by atomic mass is 35.5. The minimum atomic E-state index is -3.46. The number of benzene rings is 2. The predicted molar refractivity (Wildman–Crippen MR) is 128 cm³/mol. The van der Waals surface area contributed by atoms with Crippen LogP contribution in [-0.4, -0.2) is 44.5 Å². The van der Waals surface area contributed by atoms with E-state index < -0.39 is 16.1 Å². The average Bonchev–Trinajstić information content (AvgIpc) is 3.11. The van der Waals surface area contributed by atoms with Crippen molar-refractivity contribution < 1.29 is 18.3 Å². The van der Waals surface area contributed by atoms with Crippen LogP contribution in [0.25, 0.3) is 10.9 Å². The molecule has 0 fully saturated rings. The van der Waals surface area contributed by atoms with Crippen molar-refractivity contribution in [2.75, 3.05) is 30.7 Å². The Morgan fingerprint density at radius 3 is 2.81 bits per heavy atom. The first-order valence-corrected chi connectivity index (χ1v) is 13.0. The zero-order valence-corrected chi connectivity index (χ0v) is 19.5. The number of ether oxygens (including phenoxy) is 1. The normalized spacial score (nSPS) is 14.8. The maximum absolute atomic E-state index is 11.5. The summed E-state index contributed by atoms with van der Waals surface area (Å²) in [5.41, 5.74) is 4.74. The first-order valence-electron chi connectivity index (χ1n) is 10.7. The van der Waals surface area contributed by atoms with Gasteiger partial charge in [-0.25, -0.2) is 8.42 Å². The summed E-state index contributed by atoms with van der Waals surface area (Å²) in [6.07, 6.45) is 4.99. The molecule has 1 atom stereocenters. The maximum Gasteiger partial charge on any atom is 0.229 e. The Morgan fingerprint density at radius 2 is 2.00 bits per heavy atom. The van der Waals surface area contributed by atoms with Gasteiger partial charge in [-0.1, -0.05) is 17.7 Å². The van der Waals surface area contributed by atoms with Crippen LogP contribution in [-0.2, 0) is 22.9 Å². The van der Waals surface area contributed by atoms with Crippen molar-refractivity contribution >= 4 is 38.2 Å². The first-order chi connectivity index (χ1) is 15.3. The zero-order valence-electron chi connectivity index (χ0n) is 17.9. The third-order valence-electron chi connectivity index (χ3n) is 5.63. The molecule has 172 valence electrons. The lowest BCUT2D eigenvalue weighted by molar-refractivity contribution is 0.172. The molecule has 0 amide bonds. The van der Waals surface area contributed by atoms with Crippen LogP contribution in [0.2, 0.25) is 5.02 Å². The second-order valence-electron chi connectivity index (χ2n) is 8.18. The van der Waals surface area contributed by atoms with Gasteiger partial charge in [0.05, 0.1) is 23.1 Å². The largest absolute Gasteiger partial charge is 0.492 e. The summed E-state index contributed by atoms with van der Waals surface area (Å²) >= 11 is 6.03. The van der Waals surface area contributed by atoms with Crippen molar-refractivity contribution in [3.63, 3.8) is 0 Å². The number of hydrogen-bond donors (Lipinski definition) is 4. The summed E-state index contributed by atoms with van der Waals surface area (Å²) < 4.78 is 31.1. The molecule has 4 rings (SSSR count). The van der Waals surface area contributed by atoms with E-state index in [4.69, 9.17) is 16.3 Å². The van der Waals surface area contributed by atoms with Gasteiger partial charge in [-0.05, 0) is 61.1 Å². The Morgan fingerprint density at radius 1 is 1.19 bits per heavy atom. The van der Waals surface area contributed by atoms with Gasteiger partial charge in [0.1, 0.15) is 12.4 Å². The summed E-state index contributed by atoms with van der Waals surface area (Å²) in [7, 11) is -3.46. The maximum atomic E-state index is 11.5. The molecular formula is C23H28ClN3O4S. The summed E-state index contributed by atoms with van der Waals surface area (Å²) in [5, 5.41) is 15.1. The lowest BCUT2D eigenvalue weighted by atomic mass is 9.96. The summed E-state index contributed by atoms with van der Waals surface area (Å²) in [6, 6.07) is 11.0. The third-order valence-corrected chi connectivity index (χ3v) is 6.55. The van der Waals surface area contributed by atoms with Crippen molar-refractivity contribution in [2.45, 2.75) is 31.8 Å². The molecule has 0 saturated carbocycles. The van der Waals surface area contributed by atoms with E-state index in [1.54, 1.807) is 12.1 Å². The first kappa shape index (κ1) is 22.9. The van der Waals surface area contributed by atoms with Gasteiger partial charge < -0.3 is 20.1 Å². The number of sulfonamides is 1. The lowest BCUT2D eigenvalue weighted by Crippen LogP contribution is -2.26. The number of halogens is 1. The van der Waals surface area contributed by atoms with Gasteiger partial charge in [0.2, 0.25) is 10.0 Å². The molecule has 1 aromatic heterocycles. The number of fused-ring (bicyclic) bond motifs is 3. The van der Waals surface area contributed by atoms with Crippen LogP contribution in [0, 0.1) is 0 Å². The zero-order chi connectivity index (χ0) is 22.7. The average molecular weight is 478 g/mol. The van der Waals surface area contributed by atoms with Crippen molar-refractivity contribution in [1.29, 1.82) is 0 Å². The molecule has 0 spiro atoms. The highest BCUT2D eigenvalue weighted by Gasteiger charge is 2.16. The fraction of sp³-hybridized carbons (Fsp3) is 0.391. The Bertz CT molecular complexity index is 1210. The van der Waals surface area contributed by atoms with Crippen LogP contribution in [0.4, 0.5) is 5.69 Å². The number of aliphatic hydroxyl groups excluding tert-OH is 1. The molecular weight excluding hydrogens is 450 g/mol. The number of hydrogen-bond acceptors (Lipinski definition) is 5. The molecule has 7 nitrogen and oxygen atoms in total. The monoisotopic (exact) mass is 477 g/mol. The number of H-pyrrole nitrogens is 1. The van der Waals surface area contributed by atoms with Gasteiger partial charge in [-0.3, -0.25) is 4.72 Å². The summed E-state index contributed by atoms with van der Waals surface area (Å²) in [5.74, 6) is 0.813. The number of aromatic nitrogens is 1. The number of rotatable bonds is 9. The second-order valence-corrected chi connectivity index (χ2v) is 10.3. The fourth-order valence-corrected chi connectivity index (χ4v) is 4.90. The van der Waals surface area contributed by atoms with E-state index in [-0.39, 0.29) is 10.7 Å². The number of nitrogens with one attached hydrogen (secondary N) is 3. The van der Waals surface area contributed by atoms with Gasteiger partial charge in [0.15, 0.2) is 0 Å². The molecule has 0 saturated heterocycles. The molecule has 0 radical (unpaired) electrons. The molecule has 1 unspecified atom stereocenters. The molecule has 32 heavy (non-hydrogen) atoms. The quantitative estimate of drug-likeness (QED) is 0.351. The second kappa shape index (κ2) is 9.70. The SMILES string of the molecule is CS(=O)(=O)Nc1cc(C(O)CNCCOc2ccc3c4c([nH]c3c2)CCCC4)ccc1Cl. The number of aliphatic hydroxyl groups is 1. The highest BCUT2D eigenvalue weighted by molar-refractivity contribution is 7.92. The summed E-state index contributed by atoms with van der Waals surface area (Å²) in [6.45, 7) is 1.31. The molecule has 1 aliphatic carbocycles. The van der Waals surface area contributed by atoms with Gasteiger partial charge in [0, 0.05) is 35.8 Å². The van der Waals surface area contributed by atoms with E-state index in [0.29, 0.717) is 25.3 Å². The Hall–Kier alpha value is -2.26. The topological polar surface area (TPSA) is 103 Å². The fourth-order valence-electron chi connectivity index (χ4n) is 4.11. The molecule has 4 N–H and O–H groups in total. The van der Waals surface area contributed by atoms with Crippen LogP contribution >= 0.6 is 11.6 Å². The molecule has 0 bridgehead atoms. The van der Waals surface area contributed by atoms with Crippen molar-refractivity contribution in [3.8, 4) is 5.75 Å². The van der Waals surface area contributed by atoms with Crippen LogP contribution in [0.3, 0.4) is 0 Å². The van der Waals surface area contributed by atoms with E-state index in [2.05, 4.69) is 21.1 Å². The van der Waals surface area contributed by atoms with Gasteiger partial charge in [-0.15, -0.1) is 0 Å². The van der Waals surface area contributed by atoms with Gasteiger partial charge >= 0.3 is 0 Å². The van der Waals surface area contributed by atoms with Crippen molar-refractivity contribution in [2.24, 2.45) is 0 Å². The minimum Gasteiger partial charge on any atom is -0.492 e. The van der Waals surface area contributed by atoms with E-state index in [9.17, 15) is 13.5 Å². The number of aryl methyl sites for hydroxylation is 2. The van der Waals surface area contributed by atoms with E-state index >= 15 is 0 Å². The Kier molecular flexibility index (Phi) is 6.95. The predicted octanol–water partition coefficient (Wildman–Crippen LogP) is 3.77. The van der Waals surface area contributed by atoms with Crippen LogP contribution in [0.15, 0.2) is 36.4 Å². The molecule has 3 aromatic rings. The molecule has 1 aliphatic rings. The standard InChI is InChI=1S/C23H28ClN3O4S/c1-32(29,30)27-22-12-15(6-9-19(22)24)23(28)14-25-10-11-31-16-7-8-18-17-4-2-3-5-20(17)26-21(18)13-16/h6-9,12-13,23,25-28H,2-5,10-11,14H2,1H3. The van der Waals surface area contributed by atoms with Gasteiger partial charge in [0.25, 0.3) is 0 Å². The van der Waals surface area contributed by atoms with Crippen LogP contribution < -0.4 is 14.8 Å². The summed E-state index contributed by atoms with van der Waals surface area (Å²) in [4.78, 5) is 3.53. The molecule has 2 aromatic carbocycles. The number of aromatic amines is 1. The van der Waals surface area contributed by atoms with Crippen molar-refractivity contribution in [1.82, 2.24) is 10.3 Å². The van der Waals surface area contributed by atoms with Gasteiger partial charge in [-0.2, -0.15) is 0 Å². The Labute approximate surface area is 193 Å². The minimum absolute atomic E-state index is 0.246. The number of anilines is 1. The smallest absolute Gasteiger partial charge is 0.229 e. The third kappa shape index (κ3) is 5.56. The van der Waals surface area contributed by atoms with E-state index in [0.717, 1.165) is 30.4 Å². The lowest BCUT2D eigenvalue weighted by Gasteiger charge is -2.15. The van der Waals surface area contributed by atoms with E-state index in [1.807, 2.05) is 12.1 Å². The van der Waals surface area contributed by atoms with Crippen molar-refractivity contribution in [3.05, 3.63) is 58.2 Å². The van der Waals surface area contributed by atoms with Crippen LogP contribution in [0.5, 0.6) is 5.75 Å². The Balaban J connectivity index is 1.27. The van der Waals surface area contributed by atoms with Crippen LogP contribution in [0.1, 0.15) is 35.8 Å². The van der Waals surface area contributed by atoms with E-state index in [1.165, 1.54) is 35.6 Å². The molecule has 1 heterocycles.